The van der Waals surface area contributed by atoms with Crippen LogP contribution in [0.25, 0.3) is 0 Å². The molecular weight excluding hydrogens is 228 g/mol. The summed E-state index contributed by atoms with van der Waals surface area (Å²) >= 11 is 0. The van der Waals surface area contributed by atoms with Crippen molar-refractivity contribution >= 4 is 5.78 Å². The molecule has 2 heterocycles. The van der Waals surface area contributed by atoms with E-state index in [1.54, 1.807) is 14.0 Å². The minimum absolute atomic E-state index is 0.145. The predicted octanol–water partition coefficient (Wildman–Crippen LogP) is 2.05. The van der Waals surface area contributed by atoms with Crippen molar-refractivity contribution in [2.75, 3.05) is 25.3 Å². The van der Waals surface area contributed by atoms with Crippen LogP contribution in [0.5, 0.6) is 0 Å². The van der Waals surface area contributed by atoms with Crippen LogP contribution in [-0.2, 0) is 4.74 Å². The number of methoxy groups -OCH3 is 1. The fourth-order valence-corrected chi connectivity index (χ4v) is 3.01. The molecule has 0 aromatic carbocycles. The quantitative estimate of drug-likeness (QED) is 0.767. The molecule has 0 bridgehead atoms. The molecule has 18 heavy (non-hydrogen) atoms. The van der Waals surface area contributed by atoms with Gasteiger partial charge in [-0.3, -0.25) is 9.47 Å². The van der Waals surface area contributed by atoms with Crippen molar-refractivity contribution in [1.29, 1.82) is 0 Å². The number of hydrogen-bond acceptors (Lipinski definition) is 3. The van der Waals surface area contributed by atoms with Gasteiger partial charge in [0.25, 0.3) is 0 Å². The second kappa shape index (κ2) is 5.14. The summed E-state index contributed by atoms with van der Waals surface area (Å²) in [5, 5.41) is 2.32. The predicted molar refractivity (Wildman–Crippen MR) is 71.9 cm³/mol. The molecule has 4 nitrogen and oxygen atoms in total. The number of carbonyl (C=O) groups is 1. The highest BCUT2D eigenvalue weighted by Crippen LogP contribution is 2.22. The minimum atomic E-state index is 0.145. The maximum Gasteiger partial charge on any atom is 0.161 e. The number of nitrogens with zero attached hydrogens (tertiary/aromatic N) is 2. The van der Waals surface area contributed by atoms with Crippen LogP contribution in [0.1, 0.15) is 41.4 Å². The molecule has 1 aliphatic heterocycles. The molecule has 1 aromatic rings. The van der Waals surface area contributed by atoms with Crippen LogP contribution in [0.4, 0.5) is 0 Å². The van der Waals surface area contributed by atoms with E-state index >= 15 is 0 Å². The summed E-state index contributed by atoms with van der Waals surface area (Å²) < 4.78 is 7.42. The van der Waals surface area contributed by atoms with E-state index in [0.717, 1.165) is 36.4 Å². The fraction of sp³-hybridized carbons (Fsp3) is 0.643. The van der Waals surface area contributed by atoms with Gasteiger partial charge in [-0.25, -0.2) is 0 Å². The molecule has 1 aromatic heterocycles. The molecule has 1 atom stereocenters. The number of rotatable bonds is 4. The molecule has 1 fully saturated rings. The van der Waals surface area contributed by atoms with Gasteiger partial charge in [0.15, 0.2) is 5.78 Å². The number of aryl methyl sites for hydroxylation is 1. The Morgan fingerprint density at radius 3 is 2.78 bits per heavy atom. The average Bonchev–Trinajstić information content (AvgIpc) is 2.84. The zero-order valence-corrected chi connectivity index (χ0v) is 11.7. The number of ketones is 1. The van der Waals surface area contributed by atoms with Gasteiger partial charge >= 0.3 is 0 Å². The molecule has 0 unspecified atom stereocenters. The van der Waals surface area contributed by atoms with Gasteiger partial charge < -0.3 is 9.75 Å². The Balaban J connectivity index is 2.33. The SMILES string of the molecule is COC[C@@H]1CCCN1n1cc(C)c(C(C)=O)c1C. The molecule has 0 radical (unpaired) electrons. The highest BCUT2D eigenvalue weighted by atomic mass is 16.5. The number of aromatic nitrogens is 1. The first-order valence-corrected chi connectivity index (χ1v) is 6.51. The van der Waals surface area contributed by atoms with E-state index < -0.39 is 0 Å². The van der Waals surface area contributed by atoms with Gasteiger partial charge in [0.05, 0.1) is 12.6 Å². The largest absolute Gasteiger partial charge is 0.382 e. The minimum Gasteiger partial charge on any atom is -0.382 e. The molecule has 0 amide bonds. The molecule has 2 rings (SSSR count). The summed E-state index contributed by atoms with van der Waals surface area (Å²) in [5.74, 6) is 0.145. The van der Waals surface area contributed by atoms with Crippen LogP contribution in [0.3, 0.4) is 0 Å². The van der Waals surface area contributed by atoms with E-state index in [9.17, 15) is 4.79 Å². The van der Waals surface area contributed by atoms with E-state index in [2.05, 4.69) is 15.9 Å². The maximum atomic E-state index is 11.7. The summed E-state index contributed by atoms with van der Waals surface area (Å²) in [6.45, 7) is 7.43. The van der Waals surface area contributed by atoms with E-state index in [0.29, 0.717) is 6.04 Å². The monoisotopic (exact) mass is 250 g/mol. The summed E-state index contributed by atoms with van der Waals surface area (Å²) in [5.41, 5.74) is 2.96. The molecule has 1 aliphatic rings. The Bertz CT molecular complexity index is 451. The van der Waals surface area contributed by atoms with E-state index in [4.69, 9.17) is 4.74 Å². The van der Waals surface area contributed by atoms with Crippen LogP contribution in [0.15, 0.2) is 6.20 Å². The van der Waals surface area contributed by atoms with Crippen molar-refractivity contribution in [1.82, 2.24) is 4.68 Å². The second-order valence-corrected chi connectivity index (χ2v) is 5.09. The van der Waals surface area contributed by atoms with Crippen LogP contribution < -0.4 is 5.01 Å². The van der Waals surface area contributed by atoms with E-state index in [-0.39, 0.29) is 5.78 Å². The van der Waals surface area contributed by atoms with Crippen molar-refractivity contribution in [2.45, 2.75) is 39.7 Å². The zero-order valence-electron chi connectivity index (χ0n) is 11.7. The zero-order chi connectivity index (χ0) is 13.3. The van der Waals surface area contributed by atoms with E-state index in [1.807, 2.05) is 13.8 Å². The normalized spacial score (nSPS) is 19.6. The smallest absolute Gasteiger partial charge is 0.161 e. The molecule has 1 saturated heterocycles. The van der Waals surface area contributed by atoms with Crippen LogP contribution in [0, 0.1) is 13.8 Å². The van der Waals surface area contributed by atoms with E-state index in [1.165, 1.54) is 6.42 Å². The number of carbonyl (C=O) groups excluding carboxylic acids is 1. The summed E-state index contributed by atoms with van der Waals surface area (Å²) in [4.78, 5) is 11.7. The second-order valence-electron chi connectivity index (χ2n) is 5.09. The van der Waals surface area contributed by atoms with Gasteiger partial charge in [-0.1, -0.05) is 0 Å². The molecule has 100 valence electrons. The molecule has 0 N–H and O–H groups in total. The molecule has 4 heteroatoms. The van der Waals surface area contributed by atoms with Crippen LogP contribution in [0.2, 0.25) is 0 Å². The van der Waals surface area contributed by atoms with Gasteiger partial charge in [0, 0.05) is 31.1 Å². The number of hydrogen-bond donors (Lipinski definition) is 0. The van der Waals surface area contributed by atoms with Gasteiger partial charge in [-0.2, -0.15) is 0 Å². The lowest BCUT2D eigenvalue weighted by molar-refractivity contribution is 0.101. The molecular formula is C14H22N2O2. The summed E-state index contributed by atoms with van der Waals surface area (Å²) in [6.07, 6.45) is 4.40. The highest BCUT2D eigenvalue weighted by Gasteiger charge is 2.27. The topological polar surface area (TPSA) is 34.5 Å². The van der Waals surface area contributed by atoms with Gasteiger partial charge in [0.1, 0.15) is 0 Å². The van der Waals surface area contributed by atoms with Crippen molar-refractivity contribution < 1.29 is 9.53 Å². The van der Waals surface area contributed by atoms with Crippen LogP contribution in [-0.4, -0.2) is 36.8 Å². The van der Waals surface area contributed by atoms with Gasteiger partial charge in [0.2, 0.25) is 0 Å². The van der Waals surface area contributed by atoms with Crippen LogP contribution >= 0.6 is 0 Å². The Hall–Kier alpha value is -1.29. The Morgan fingerprint density at radius 2 is 2.22 bits per heavy atom. The first kappa shape index (κ1) is 13.1. The third-order valence-electron chi connectivity index (χ3n) is 3.75. The molecule has 0 spiro atoms. The Kier molecular flexibility index (Phi) is 3.76. The number of Topliss-reactive ketones (excluding diaryl/α,β-unsaturated/α-hetero) is 1. The lowest BCUT2D eigenvalue weighted by atomic mass is 10.1. The van der Waals surface area contributed by atoms with Crippen molar-refractivity contribution in [2.24, 2.45) is 0 Å². The lowest BCUT2D eigenvalue weighted by Gasteiger charge is -2.28. The standard InChI is InChI=1S/C14H22N2O2/c1-10-8-16(11(2)14(10)12(3)17)15-7-5-6-13(15)9-18-4/h8,13H,5-7,9H2,1-4H3/t13-/m0/s1. The lowest BCUT2D eigenvalue weighted by Crippen LogP contribution is -2.41. The molecule has 0 saturated carbocycles. The van der Waals surface area contributed by atoms with Gasteiger partial charge in [-0.05, 0) is 39.2 Å². The maximum absolute atomic E-state index is 11.7. The molecule has 0 aliphatic carbocycles. The average molecular weight is 250 g/mol. The third-order valence-corrected chi connectivity index (χ3v) is 3.75. The summed E-state index contributed by atoms with van der Waals surface area (Å²) in [6, 6.07) is 0.417. The first-order chi connectivity index (χ1) is 8.56. The Morgan fingerprint density at radius 1 is 1.50 bits per heavy atom. The fourth-order valence-electron chi connectivity index (χ4n) is 3.01. The van der Waals surface area contributed by atoms with Gasteiger partial charge in [-0.15, -0.1) is 0 Å². The van der Waals surface area contributed by atoms with Crippen molar-refractivity contribution in [3.63, 3.8) is 0 Å². The Labute approximate surface area is 108 Å². The van der Waals surface area contributed by atoms with Crippen molar-refractivity contribution in [3.8, 4) is 0 Å². The highest BCUT2D eigenvalue weighted by molar-refractivity contribution is 5.96. The third kappa shape index (κ3) is 2.17. The van der Waals surface area contributed by atoms with Crippen molar-refractivity contribution in [3.05, 3.63) is 23.0 Å². The number of ether oxygens (including phenoxy) is 1. The summed E-state index contributed by atoms with van der Waals surface area (Å²) in [7, 11) is 1.74. The first-order valence-electron chi connectivity index (χ1n) is 6.51.